The number of piperidine rings is 1. The molecular formula is C15H19FN4O2S. The molecule has 0 saturated carbocycles. The first-order chi connectivity index (χ1) is 11.0. The third kappa shape index (κ3) is 3.42. The van der Waals surface area contributed by atoms with Crippen molar-refractivity contribution in [3.8, 4) is 0 Å². The molecule has 1 fully saturated rings. The summed E-state index contributed by atoms with van der Waals surface area (Å²) in [7, 11) is -3.59. The quantitative estimate of drug-likeness (QED) is 0.853. The predicted octanol–water partition coefficient (Wildman–Crippen LogP) is 1.83. The van der Waals surface area contributed by atoms with Crippen molar-refractivity contribution in [2.45, 2.75) is 31.2 Å². The van der Waals surface area contributed by atoms with Gasteiger partial charge >= 0.3 is 0 Å². The van der Waals surface area contributed by atoms with Crippen molar-refractivity contribution < 1.29 is 12.8 Å². The molecule has 1 saturated heterocycles. The molecule has 1 aromatic carbocycles. The van der Waals surface area contributed by atoms with Gasteiger partial charge in [0.25, 0.3) is 0 Å². The van der Waals surface area contributed by atoms with Crippen LogP contribution in [0.3, 0.4) is 0 Å². The second-order valence-corrected chi connectivity index (χ2v) is 7.84. The number of aromatic nitrogens is 3. The molecule has 0 bridgehead atoms. The van der Waals surface area contributed by atoms with Crippen molar-refractivity contribution >= 4 is 10.0 Å². The van der Waals surface area contributed by atoms with Gasteiger partial charge in [-0.3, -0.25) is 4.68 Å². The summed E-state index contributed by atoms with van der Waals surface area (Å²) in [6.07, 6.45) is 4.86. The van der Waals surface area contributed by atoms with Crippen LogP contribution in [0.15, 0.2) is 35.7 Å². The van der Waals surface area contributed by atoms with Gasteiger partial charge in [-0.25, -0.2) is 17.8 Å². The molecule has 1 atom stereocenters. The summed E-state index contributed by atoms with van der Waals surface area (Å²) in [5.41, 5.74) is 0.335. The summed E-state index contributed by atoms with van der Waals surface area (Å²) in [6, 6.07) is 3.93. The van der Waals surface area contributed by atoms with Crippen LogP contribution >= 0.6 is 0 Å². The lowest BCUT2D eigenvalue weighted by molar-refractivity contribution is 0.239. The average molecular weight is 338 g/mol. The zero-order chi connectivity index (χ0) is 16.4. The number of benzene rings is 1. The van der Waals surface area contributed by atoms with Crippen LogP contribution in [0.2, 0.25) is 0 Å². The van der Waals surface area contributed by atoms with Gasteiger partial charge in [0.1, 0.15) is 18.5 Å². The lowest BCUT2D eigenvalue weighted by Crippen LogP contribution is -2.41. The molecule has 1 aliphatic rings. The van der Waals surface area contributed by atoms with Gasteiger partial charge < -0.3 is 0 Å². The fraction of sp³-hybridized carbons (Fsp3) is 0.467. The number of rotatable bonds is 4. The molecule has 0 spiro atoms. The van der Waals surface area contributed by atoms with Gasteiger partial charge in [0.05, 0.1) is 4.90 Å². The van der Waals surface area contributed by atoms with Crippen LogP contribution in [0.5, 0.6) is 0 Å². The highest BCUT2D eigenvalue weighted by atomic mass is 32.2. The minimum atomic E-state index is -3.59. The van der Waals surface area contributed by atoms with Gasteiger partial charge in [0.2, 0.25) is 10.0 Å². The Morgan fingerprint density at radius 2 is 2.22 bits per heavy atom. The Kier molecular flexibility index (Phi) is 4.45. The molecule has 0 N–H and O–H groups in total. The molecule has 1 aromatic heterocycles. The number of halogens is 1. The molecule has 8 heteroatoms. The van der Waals surface area contributed by atoms with Crippen molar-refractivity contribution in [3.05, 3.63) is 42.2 Å². The number of sulfonamides is 1. The molecule has 23 heavy (non-hydrogen) atoms. The zero-order valence-corrected chi connectivity index (χ0v) is 13.7. The first-order valence-electron chi connectivity index (χ1n) is 7.55. The molecule has 6 nitrogen and oxygen atoms in total. The zero-order valence-electron chi connectivity index (χ0n) is 12.9. The molecular weight excluding hydrogens is 319 g/mol. The van der Waals surface area contributed by atoms with Crippen molar-refractivity contribution in [2.24, 2.45) is 5.92 Å². The topological polar surface area (TPSA) is 68.1 Å². The van der Waals surface area contributed by atoms with Crippen LogP contribution in [-0.2, 0) is 16.6 Å². The molecule has 2 heterocycles. The summed E-state index contributed by atoms with van der Waals surface area (Å²) < 4.78 is 42.1. The highest BCUT2D eigenvalue weighted by molar-refractivity contribution is 7.89. The van der Waals surface area contributed by atoms with Crippen LogP contribution in [0.25, 0.3) is 0 Å². The van der Waals surface area contributed by atoms with Crippen molar-refractivity contribution in [2.75, 3.05) is 13.1 Å². The largest absolute Gasteiger partial charge is 0.253 e. The van der Waals surface area contributed by atoms with Crippen LogP contribution in [0, 0.1) is 18.7 Å². The Morgan fingerprint density at radius 3 is 2.91 bits per heavy atom. The van der Waals surface area contributed by atoms with Crippen LogP contribution in [0.1, 0.15) is 18.4 Å². The summed E-state index contributed by atoms with van der Waals surface area (Å²) in [5.74, 6) is -0.201. The molecule has 0 unspecified atom stereocenters. The van der Waals surface area contributed by atoms with E-state index in [9.17, 15) is 12.8 Å². The van der Waals surface area contributed by atoms with E-state index in [2.05, 4.69) is 10.1 Å². The van der Waals surface area contributed by atoms with Crippen LogP contribution in [-0.4, -0.2) is 40.6 Å². The van der Waals surface area contributed by atoms with Gasteiger partial charge in [0.15, 0.2) is 0 Å². The fourth-order valence-electron chi connectivity index (χ4n) is 2.91. The Hall–Kier alpha value is -1.80. The first kappa shape index (κ1) is 16.1. The second kappa shape index (κ2) is 6.37. The predicted molar refractivity (Wildman–Crippen MR) is 82.6 cm³/mol. The maximum absolute atomic E-state index is 13.4. The van der Waals surface area contributed by atoms with E-state index in [-0.39, 0.29) is 10.8 Å². The third-order valence-corrected chi connectivity index (χ3v) is 6.02. The number of hydrogen-bond acceptors (Lipinski definition) is 4. The average Bonchev–Trinajstić information content (AvgIpc) is 3.03. The Bertz CT molecular complexity index is 777. The highest BCUT2D eigenvalue weighted by Crippen LogP contribution is 2.25. The second-order valence-electron chi connectivity index (χ2n) is 5.90. The minimum Gasteiger partial charge on any atom is -0.253 e. The number of hydrogen-bond donors (Lipinski definition) is 0. The van der Waals surface area contributed by atoms with Gasteiger partial charge in [-0.1, -0.05) is 0 Å². The molecule has 0 amide bonds. The smallest absolute Gasteiger partial charge is 0.243 e. The molecule has 0 aliphatic carbocycles. The van der Waals surface area contributed by atoms with E-state index in [0.29, 0.717) is 25.2 Å². The lowest BCUT2D eigenvalue weighted by atomic mass is 10.00. The van der Waals surface area contributed by atoms with E-state index in [0.717, 1.165) is 12.8 Å². The standard InChI is InChI=1S/C15H19FN4O2S/c1-12-7-14(4-5-15(12)16)23(21,22)20-6-2-3-13(9-20)8-19-11-17-10-18-19/h4-5,7,10-11,13H,2-3,6,8-9H2,1H3/t13-/m1/s1. The van der Waals surface area contributed by atoms with E-state index < -0.39 is 15.8 Å². The molecule has 1 aliphatic heterocycles. The molecule has 3 rings (SSSR count). The van der Waals surface area contributed by atoms with E-state index in [1.54, 1.807) is 17.9 Å². The van der Waals surface area contributed by atoms with Crippen LogP contribution < -0.4 is 0 Å². The van der Waals surface area contributed by atoms with Gasteiger partial charge in [-0.15, -0.1) is 0 Å². The monoisotopic (exact) mass is 338 g/mol. The van der Waals surface area contributed by atoms with E-state index in [1.165, 1.54) is 28.8 Å². The molecule has 124 valence electrons. The number of nitrogens with zero attached hydrogens (tertiary/aromatic N) is 4. The summed E-state index contributed by atoms with van der Waals surface area (Å²) in [6.45, 7) is 3.15. The summed E-state index contributed by atoms with van der Waals surface area (Å²) >= 11 is 0. The SMILES string of the molecule is Cc1cc(S(=O)(=O)N2CCC[C@H](Cn3cncn3)C2)ccc1F. The Labute approximate surface area is 135 Å². The van der Waals surface area contributed by atoms with Crippen molar-refractivity contribution in [1.29, 1.82) is 0 Å². The fourth-order valence-corrected chi connectivity index (χ4v) is 4.55. The van der Waals surface area contributed by atoms with Crippen LogP contribution in [0.4, 0.5) is 4.39 Å². The minimum absolute atomic E-state index is 0.151. The van der Waals surface area contributed by atoms with E-state index >= 15 is 0 Å². The highest BCUT2D eigenvalue weighted by Gasteiger charge is 2.30. The van der Waals surface area contributed by atoms with Gasteiger partial charge in [-0.2, -0.15) is 9.40 Å². The van der Waals surface area contributed by atoms with Gasteiger partial charge in [0, 0.05) is 19.6 Å². The molecule has 2 aromatic rings. The third-order valence-electron chi connectivity index (χ3n) is 4.16. The first-order valence-corrected chi connectivity index (χ1v) is 8.99. The van der Waals surface area contributed by atoms with Crippen molar-refractivity contribution in [1.82, 2.24) is 19.1 Å². The maximum Gasteiger partial charge on any atom is 0.243 e. The summed E-state index contributed by atoms with van der Waals surface area (Å²) in [5, 5.41) is 4.07. The van der Waals surface area contributed by atoms with E-state index in [4.69, 9.17) is 0 Å². The maximum atomic E-state index is 13.4. The Morgan fingerprint density at radius 1 is 1.39 bits per heavy atom. The molecule has 0 radical (unpaired) electrons. The van der Waals surface area contributed by atoms with E-state index in [1.807, 2.05) is 0 Å². The normalized spacial score (nSPS) is 19.8. The van der Waals surface area contributed by atoms with Crippen molar-refractivity contribution in [3.63, 3.8) is 0 Å². The summed E-state index contributed by atoms with van der Waals surface area (Å²) in [4.78, 5) is 4.06. The lowest BCUT2D eigenvalue weighted by Gasteiger charge is -2.31. The van der Waals surface area contributed by atoms with Gasteiger partial charge in [-0.05, 0) is 49.4 Å². The number of aryl methyl sites for hydroxylation is 1. The Balaban J connectivity index is 1.77.